The SMILES string of the molecule is COC(=O)C1(C(=O)OC)C[C@H]2C[C@@]2(C#C[C@@]23C[C@@H]2CC(C(=O)OC)(C(=O)OC)C3)C1. The highest BCUT2D eigenvalue weighted by Crippen LogP contribution is 2.72. The van der Waals surface area contributed by atoms with Crippen LogP contribution in [-0.2, 0) is 38.1 Å². The summed E-state index contributed by atoms with van der Waals surface area (Å²) in [6, 6.07) is 0. The van der Waals surface area contributed by atoms with Gasteiger partial charge in [-0.1, -0.05) is 11.8 Å². The summed E-state index contributed by atoms with van der Waals surface area (Å²) in [5.41, 5.74) is -3.46. The first-order valence-corrected chi connectivity index (χ1v) is 10.1. The highest BCUT2D eigenvalue weighted by atomic mass is 16.6. The van der Waals surface area contributed by atoms with E-state index in [1.165, 1.54) is 28.4 Å². The normalized spacial score (nSPS) is 35.6. The standard InChI is InChI=1S/C22H26O8/c1-27-15(23)21(16(24)28-2)9-13-7-19(13,11-21)5-6-20-8-14(20)10-22(12-20,17(25)29-3)18(26)30-4/h13-14H,7-12H2,1-4H3/t13-,14-,19+,20+/m1/s1. The molecule has 0 aromatic heterocycles. The van der Waals surface area contributed by atoms with Crippen LogP contribution in [0.25, 0.3) is 0 Å². The molecule has 4 fully saturated rings. The second-order valence-electron chi connectivity index (χ2n) is 9.26. The number of rotatable bonds is 4. The first kappa shape index (κ1) is 20.7. The van der Waals surface area contributed by atoms with E-state index in [0.29, 0.717) is 12.8 Å². The van der Waals surface area contributed by atoms with Crippen LogP contribution in [0.4, 0.5) is 0 Å². The van der Waals surface area contributed by atoms with Gasteiger partial charge in [0.25, 0.3) is 0 Å². The Bertz CT molecular complexity index is 793. The molecule has 8 heteroatoms. The molecule has 0 radical (unpaired) electrons. The second kappa shape index (κ2) is 6.47. The van der Waals surface area contributed by atoms with Crippen molar-refractivity contribution in [2.45, 2.75) is 38.5 Å². The van der Waals surface area contributed by atoms with Crippen molar-refractivity contribution in [2.24, 2.45) is 33.5 Å². The minimum absolute atomic E-state index is 0.129. The summed E-state index contributed by atoms with van der Waals surface area (Å²) in [7, 11) is 5.06. The zero-order valence-corrected chi connectivity index (χ0v) is 17.7. The molecule has 4 aliphatic rings. The van der Waals surface area contributed by atoms with Crippen LogP contribution in [0.1, 0.15) is 38.5 Å². The maximum absolute atomic E-state index is 12.4. The van der Waals surface area contributed by atoms with Crippen LogP contribution < -0.4 is 0 Å². The number of fused-ring (bicyclic) bond motifs is 2. The van der Waals surface area contributed by atoms with Crippen LogP contribution in [0, 0.1) is 45.3 Å². The molecule has 0 heterocycles. The maximum Gasteiger partial charge on any atom is 0.323 e. The lowest BCUT2D eigenvalue weighted by Crippen LogP contribution is -2.40. The summed E-state index contributed by atoms with van der Waals surface area (Å²) in [5, 5.41) is 0. The van der Waals surface area contributed by atoms with Gasteiger partial charge in [0, 0.05) is 10.8 Å². The fourth-order valence-electron chi connectivity index (χ4n) is 6.01. The molecule has 4 atom stereocenters. The van der Waals surface area contributed by atoms with Crippen molar-refractivity contribution in [3.63, 3.8) is 0 Å². The van der Waals surface area contributed by atoms with E-state index in [4.69, 9.17) is 18.9 Å². The van der Waals surface area contributed by atoms with Crippen LogP contribution in [0.5, 0.6) is 0 Å². The Morgan fingerprint density at radius 1 is 0.600 bits per heavy atom. The van der Waals surface area contributed by atoms with E-state index >= 15 is 0 Å². The fraction of sp³-hybridized carbons (Fsp3) is 0.727. The molecule has 8 nitrogen and oxygen atoms in total. The highest BCUT2D eigenvalue weighted by Gasteiger charge is 2.73. The molecule has 0 N–H and O–H groups in total. The molecule has 30 heavy (non-hydrogen) atoms. The van der Waals surface area contributed by atoms with Crippen molar-refractivity contribution in [1.82, 2.24) is 0 Å². The largest absolute Gasteiger partial charge is 0.468 e. The van der Waals surface area contributed by atoms with Gasteiger partial charge >= 0.3 is 23.9 Å². The molecule has 4 rings (SSSR count). The quantitative estimate of drug-likeness (QED) is 0.291. The predicted octanol–water partition coefficient (Wildman–Crippen LogP) is 1.25. The number of ether oxygens (including phenoxy) is 4. The summed E-state index contributed by atoms with van der Waals surface area (Å²) in [5.74, 6) is 4.63. The van der Waals surface area contributed by atoms with Crippen molar-refractivity contribution in [1.29, 1.82) is 0 Å². The lowest BCUT2D eigenvalue weighted by atomic mass is 9.79. The molecule has 4 saturated carbocycles. The molecule has 0 bridgehead atoms. The lowest BCUT2D eigenvalue weighted by Gasteiger charge is -2.25. The molecule has 0 aliphatic heterocycles. The summed E-state index contributed by atoms with van der Waals surface area (Å²) < 4.78 is 19.6. The average Bonchev–Trinajstić information content (AvgIpc) is 3.56. The Kier molecular flexibility index (Phi) is 4.46. The molecule has 0 aromatic rings. The lowest BCUT2D eigenvalue weighted by molar-refractivity contribution is -0.171. The van der Waals surface area contributed by atoms with Crippen molar-refractivity contribution in [3.8, 4) is 11.8 Å². The van der Waals surface area contributed by atoms with Gasteiger partial charge in [0.1, 0.15) is 0 Å². The predicted molar refractivity (Wildman–Crippen MR) is 100 cm³/mol. The third-order valence-electron chi connectivity index (χ3n) is 7.75. The van der Waals surface area contributed by atoms with E-state index in [1.54, 1.807) is 0 Å². The van der Waals surface area contributed by atoms with Crippen molar-refractivity contribution >= 4 is 23.9 Å². The molecule has 0 amide bonds. The monoisotopic (exact) mass is 418 g/mol. The summed E-state index contributed by atoms with van der Waals surface area (Å²) in [6.07, 6.45) is 2.91. The minimum atomic E-state index is -1.31. The molecular weight excluding hydrogens is 392 g/mol. The van der Waals surface area contributed by atoms with Gasteiger partial charge in [-0.2, -0.15) is 0 Å². The van der Waals surface area contributed by atoms with Crippen LogP contribution in [-0.4, -0.2) is 52.3 Å². The molecule has 0 unspecified atom stereocenters. The topological polar surface area (TPSA) is 105 Å². The molecular formula is C22H26O8. The first-order valence-electron chi connectivity index (χ1n) is 10.1. The van der Waals surface area contributed by atoms with Crippen LogP contribution in [0.2, 0.25) is 0 Å². The fourth-order valence-corrected chi connectivity index (χ4v) is 6.01. The molecule has 0 spiro atoms. The third kappa shape index (κ3) is 2.60. The van der Waals surface area contributed by atoms with Crippen molar-refractivity contribution < 1.29 is 38.1 Å². The van der Waals surface area contributed by atoms with E-state index in [-0.39, 0.29) is 24.7 Å². The zero-order chi connectivity index (χ0) is 21.9. The minimum Gasteiger partial charge on any atom is -0.468 e. The van der Waals surface area contributed by atoms with Gasteiger partial charge in [-0.25, -0.2) is 0 Å². The van der Waals surface area contributed by atoms with Crippen LogP contribution >= 0.6 is 0 Å². The zero-order valence-electron chi connectivity index (χ0n) is 17.7. The summed E-state index contributed by atoms with van der Waals surface area (Å²) in [6.45, 7) is 0. The Morgan fingerprint density at radius 3 is 1.17 bits per heavy atom. The molecule has 4 aliphatic carbocycles. The van der Waals surface area contributed by atoms with E-state index in [2.05, 4.69) is 11.8 Å². The number of carbonyl (C=O) groups is 4. The average molecular weight is 418 g/mol. The first-order chi connectivity index (χ1) is 14.2. The molecule has 162 valence electrons. The van der Waals surface area contributed by atoms with Gasteiger partial charge in [0.2, 0.25) is 0 Å². The number of esters is 4. The Labute approximate surface area is 174 Å². The van der Waals surface area contributed by atoms with E-state index < -0.39 is 45.5 Å². The Morgan fingerprint density at radius 2 is 0.900 bits per heavy atom. The van der Waals surface area contributed by atoms with Gasteiger partial charge in [0.05, 0.1) is 28.4 Å². The summed E-state index contributed by atoms with van der Waals surface area (Å²) >= 11 is 0. The molecule has 0 aromatic carbocycles. The van der Waals surface area contributed by atoms with Crippen LogP contribution in [0.15, 0.2) is 0 Å². The van der Waals surface area contributed by atoms with Crippen LogP contribution in [0.3, 0.4) is 0 Å². The van der Waals surface area contributed by atoms with E-state index in [0.717, 1.165) is 12.8 Å². The van der Waals surface area contributed by atoms with Gasteiger partial charge in [0.15, 0.2) is 10.8 Å². The Balaban J connectivity index is 1.58. The number of carbonyl (C=O) groups excluding carboxylic acids is 4. The van der Waals surface area contributed by atoms with E-state index in [1.807, 2.05) is 0 Å². The number of methoxy groups -OCH3 is 4. The van der Waals surface area contributed by atoms with Gasteiger partial charge in [-0.05, 0) is 50.4 Å². The van der Waals surface area contributed by atoms with Gasteiger partial charge < -0.3 is 18.9 Å². The number of hydrogen-bond donors (Lipinski definition) is 0. The molecule has 0 saturated heterocycles. The third-order valence-corrected chi connectivity index (χ3v) is 7.75. The van der Waals surface area contributed by atoms with Gasteiger partial charge in [-0.3, -0.25) is 19.2 Å². The summed E-state index contributed by atoms with van der Waals surface area (Å²) in [4.78, 5) is 49.6. The maximum atomic E-state index is 12.4. The smallest absolute Gasteiger partial charge is 0.323 e. The highest BCUT2D eigenvalue weighted by molar-refractivity contribution is 6.01. The number of hydrogen-bond acceptors (Lipinski definition) is 8. The van der Waals surface area contributed by atoms with Gasteiger partial charge in [-0.15, -0.1) is 0 Å². The Hall–Kier alpha value is -2.56. The second-order valence-corrected chi connectivity index (χ2v) is 9.26. The van der Waals surface area contributed by atoms with Crippen molar-refractivity contribution in [3.05, 3.63) is 0 Å². The van der Waals surface area contributed by atoms with E-state index in [9.17, 15) is 19.2 Å². The van der Waals surface area contributed by atoms with Crippen molar-refractivity contribution in [2.75, 3.05) is 28.4 Å².